The summed E-state index contributed by atoms with van der Waals surface area (Å²) in [5.74, 6) is 0.523. The van der Waals surface area contributed by atoms with Gasteiger partial charge in [0.25, 0.3) is 5.91 Å². The summed E-state index contributed by atoms with van der Waals surface area (Å²) in [6.45, 7) is 6.18. The van der Waals surface area contributed by atoms with Crippen LogP contribution >= 0.6 is 35.6 Å². The van der Waals surface area contributed by atoms with Crippen molar-refractivity contribution < 1.29 is 14.3 Å². The molecule has 35 heavy (non-hydrogen) atoms. The van der Waals surface area contributed by atoms with Gasteiger partial charge in [-0.1, -0.05) is 53.8 Å². The van der Waals surface area contributed by atoms with E-state index in [0.717, 1.165) is 23.2 Å². The summed E-state index contributed by atoms with van der Waals surface area (Å²) in [6.07, 6.45) is 4.50. The minimum absolute atomic E-state index is 0.0976. The van der Waals surface area contributed by atoms with E-state index in [4.69, 9.17) is 38.4 Å². The zero-order chi connectivity index (χ0) is 24.8. The van der Waals surface area contributed by atoms with Crippen LogP contribution in [0.1, 0.15) is 25.8 Å². The molecule has 0 bridgehead atoms. The number of ether oxygens (including phenoxy) is 2. The minimum Gasteiger partial charge on any atom is -0.492 e. The van der Waals surface area contributed by atoms with Crippen LogP contribution < -0.4 is 4.74 Å². The van der Waals surface area contributed by atoms with Crippen LogP contribution in [0.25, 0.3) is 23.0 Å². The summed E-state index contributed by atoms with van der Waals surface area (Å²) in [5, 5.41) is 5.34. The van der Waals surface area contributed by atoms with E-state index in [1.807, 2.05) is 74.7 Å². The first-order valence-corrected chi connectivity index (χ1v) is 13.0. The predicted octanol–water partition coefficient (Wildman–Crippen LogP) is 6.22. The quantitative estimate of drug-likeness (QED) is 0.177. The van der Waals surface area contributed by atoms with Crippen molar-refractivity contribution >= 4 is 51.9 Å². The van der Waals surface area contributed by atoms with Gasteiger partial charge < -0.3 is 9.47 Å². The van der Waals surface area contributed by atoms with Crippen LogP contribution in [0.2, 0.25) is 5.02 Å². The molecular weight excluding hydrogens is 502 g/mol. The molecule has 4 rings (SSSR count). The van der Waals surface area contributed by atoms with Gasteiger partial charge >= 0.3 is 0 Å². The lowest BCUT2D eigenvalue weighted by Crippen LogP contribution is -2.29. The molecule has 0 spiro atoms. The molecule has 0 radical (unpaired) electrons. The lowest BCUT2D eigenvalue weighted by molar-refractivity contribution is -0.122. The van der Waals surface area contributed by atoms with Crippen molar-refractivity contribution in [3.8, 4) is 22.7 Å². The van der Waals surface area contributed by atoms with E-state index >= 15 is 0 Å². The maximum absolute atomic E-state index is 13.1. The summed E-state index contributed by atoms with van der Waals surface area (Å²) in [4.78, 5) is 15.3. The summed E-state index contributed by atoms with van der Waals surface area (Å²) in [6, 6.07) is 15.4. The number of thiocarbonyl (C=S) groups is 1. The summed E-state index contributed by atoms with van der Waals surface area (Å²) in [5.41, 5.74) is 3.24. The number of benzene rings is 2. The van der Waals surface area contributed by atoms with Gasteiger partial charge in [-0.3, -0.25) is 9.69 Å². The minimum atomic E-state index is -0.0976. The molecule has 1 aliphatic rings. The maximum atomic E-state index is 13.1. The number of carbonyl (C=O) groups excluding carboxylic acids is 1. The lowest BCUT2D eigenvalue weighted by atomic mass is 10.1. The maximum Gasteiger partial charge on any atom is 0.266 e. The standard InChI is InChI=1S/C26H26ClN3O3S2/c1-3-32-14-8-13-29-25(31)23(35-26(29)34)16-19-17-30(20-9-6-5-7-10-20)28-24(19)18-11-12-22(33-4-2)21(27)15-18/h5-7,9-12,15-17H,3-4,8,13-14H2,1-2H3. The number of halogens is 1. The van der Waals surface area contributed by atoms with Gasteiger partial charge in [0.1, 0.15) is 15.8 Å². The molecule has 0 unspecified atom stereocenters. The van der Waals surface area contributed by atoms with Crippen LogP contribution in [-0.4, -0.2) is 51.3 Å². The molecule has 1 amide bonds. The molecule has 3 aromatic rings. The Morgan fingerprint density at radius 2 is 1.94 bits per heavy atom. The van der Waals surface area contributed by atoms with E-state index in [1.54, 1.807) is 9.58 Å². The van der Waals surface area contributed by atoms with Crippen molar-refractivity contribution in [2.75, 3.05) is 26.4 Å². The monoisotopic (exact) mass is 527 g/mol. The molecule has 0 aliphatic carbocycles. The fraction of sp³-hybridized carbons (Fsp3) is 0.269. The van der Waals surface area contributed by atoms with Crippen molar-refractivity contribution in [2.24, 2.45) is 0 Å². The Morgan fingerprint density at radius 1 is 1.14 bits per heavy atom. The largest absolute Gasteiger partial charge is 0.492 e. The number of amides is 1. The number of hydrogen-bond acceptors (Lipinski definition) is 6. The highest BCUT2D eigenvalue weighted by Gasteiger charge is 2.32. The number of aromatic nitrogens is 2. The fourth-order valence-electron chi connectivity index (χ4n) is 3.65. The smallest absolute Gasteiger partial charge is 0.266 e. The first kappa shape index (κ1) is 25.4. The highest BCUT2D eigenvalue weighted by atomic mass is 35.5. The molecule has 0 atom stereocenters. The van der Waals surface area contributed by atoms with Gasteiger partial charge in [-0.05, 0) is 56.7 Å². The average molecular weight is 528 g/mol. The van der Waals surface area contributed by atoms with Gasteiger partial charge in [-0.15, -0.1) is 0 Å². The first-order valence-electron chi connectivity index (χ1n) is 11.4. The van der Waals surface area contributed by atoms with Crippen LogP contribution in [-0.2, 0) is 9.53 Å². The van der Waals surface area contributed by atoms with Crippen molar-refractivity contribution in [1.82, 2.24) is 14.7 Å². The summed E-state index contributed by atoms with van der Waals surface area (Å²) >= 11 is 13.3. The first-order chi connectivity index (χ1) is 17.0. The van der Waals surface area contributed by atoms with Gasteiger partial charge in [-0.25, -0.2) is 4.68 Å². The molecule has 1 fully saturated rings. The number of rotatable bonds is 10. The van der Waals surface area contributed by atoms with Crippen LogP contribution in [0.5, 0.6) is 5.75 Å². The van der Waals surface area contributed by atoms with Crippen LogP contribution in [0, 0.1) is 0 Å². The molecule has 2 aromatic carbocycles. The highest BCUT2D eigenvalue weighted by molar-refractivity contribution is 8.26. The molecule has 9 heteroatoms. The number of nitrogens with zero attached hydrogens (tertiary/aromatic N) is 3. The van der Waals surface area contributed by atoms with Gasteiger partial charge in [0, 0.05) is 37.1 Å². The Hall–Kier alpha value is -2.65. The summed E-state index contributed by atoms with van der Waals surface area (Å²) < 4.78 is 13.3. The molecule has 2 heterocycles. The second kappa shape index (κ2) is 11.9. The number of carbonyl (C=O) groups is 1. The van der Waals surface area contributed by atoms with E-state index < -0.39 is 0 Å². The molecule has 1 aliphatic heterocycles. The van der Waals surface area contributed by atoms with Gasteiger partial charge in [0.15, 0.2) is 0 Å². The van der Waals surface area contributed by atoms with Gasteiger partial charge in [-0.2, -0.15) is 5.10 Å². The lowest BCUT2D eigenvalue weighted by Gasteiger charge is -2.13. The van der Waals surface area contributed by atoms with E-state index in [1.165, 1.54) is 11.8 Å². The number of hydrogen-bond donors (Lipinski definition) is 0. The molecule has 6 nitrogen and oxygen atoms in total. The third kappa shape index (κ3) is 5.95. The van der Waals surface area contributed by atoms with E-state index in [0.29, 0.717) is 52.1 Å². The Kier molecular flexibility index (Phi) is 8.62. The van der Waals surface area contributed by atoms with Crippen LogP contribution in [0.15, 0.2) is 59.6 Å². The zero-order valence-corrected chi connectivity index (χ0v) is 22.0. The normalized spacial score (nSPS) is 14.8. The Morgan fingerprint density at radius 3 is 2.66 bits per heavy atom. The SMILES string of the molecule is CCOCCCN1C(=O)C(=Cc2cn(-c3ccccc3)nc2-c2ccc(OCC)c(Cl)c2)SC1=S. The van der Waals surface area contributed by atoms with Crippen molar-refractivity contribution in [1.29, 1.82) is 0 Å². The topological polar surface area (TPSA) is 56.6 Å². The fourth-order valence-corrected chi connectivity index (χ4v) is 5.19. The molecule has 0 N–H and O–H groups in total. The van der Waals surface area contributed by atoms with Gasteiger partial charge in [0.2, 0.25) is 0 Å². The Labute approximate surface area is 219 Å². The number of para-hydroxylation sites is 1. The Bertz CT molecular complexity index is 1240. The second-order valence-electron chi connectivity index (χ2n) is 7.68. The Balaban J connectivity index is 1.69. The number of thioether (sulfide) groups is 1. The predicted molar refractivity (Wildman–Crippen MR) is 146 cm³/mol. The van der Waals surface area contributed by atoms with Crippen LogP contribution in [0.4, 0.5) is 0 Å². The van der Waals surface area contributed by atoms with Crippen molar-refractivity contribution in [3.63, 3.8) is 0 Å². The van der Waals surface area contributed by atoms with Crippen molar-refractivity contribution in [3.05, 3.63) is 70.2 Å². The van der Waals surface area contributed by atoms with E-state index in [-0.39, 0.29) is 5.91 Å². The molecule has 0 saturated carbocycles. The zero-order valence-electron chi connectivity index (χ0n) is 19.6. The third-order valence-corrected chi connectivity index (χ3v) is 6.98. The summed E-state index contributed by atoms with van der Waals surface area (Å²) in [7, 11) is 0. The van der Waals surface area contributed by atoms with Gasteiger partial charge in [0.05, 0.1) is 22.2 Å². The third-order valence-electron chi connectivity index (χ3n) is 5.30. The second-order valence-corrected chi connectivity index (χ2v) is 9.76. The van der Waals surface area contributed by atoms with Crippen LogP contribution in [0.3, 0.4) is 0 Å². The molecule has 1 aromatic heterocycles. The van der Waals surface area contributed by atoms with E-state index in [2.05, 4.69) is 0 Å². The molecular formula is C26H26ClN3O3S2. The highest BCUT2D eigenvalue weighted by Crippen LogP contribution is 2.36. The van der Waals surface area contributed by atoms with E-state index in [9.17, 15) is 4.79 Å². The van der Waals surface area contributed by atoms with Crippen molar-refractivity contribution in [2.45, 2.75) is 20.3 Å². The molecule has 1 saturated heterocycles. The average Bonchev–Trinajstić information content (AvgIpc) is 3.40. The molecule has 182 valence electrons.